The molecule has 0 aliphatic carbocycles. The molecule has 1 aromatic carbocycles. The Bertz CT molecular complexity index is 333. The van der Waals surface area contributed by atoms with Crippen molar-refractivity contribution in [1.82, 2.24) is 4.90 Å². The minimum Gasteiger partial charge on any atom is -0.497 e. The zero-order valence-corrected chi connectivity index (χ0v) is 9.90. The molecule has 4 nitrogen and oxygen atoms in total. The van der Waals surface area contributed by atoms with Crippen molar-refractivity contribution < 1.29 is 14.3 Å². The molecule has 16 heavy (non-hydrogen) atoms. The molecule has 88 valence electrons. The average Bonchev–Trinajstić information content (AvgIpc) is 2.28. The molecule has 0 aliphatic heterocycles. The fraction of sp³-hybridized carbons (Fsp3) is 0.417. The van der Waals surface area contributed by atoms with E-state index in [1.54, 1.807) is 31.4 Å². The summed E-state index contributed by atoms with van der Waals surface area (Å²) in [6.45, 7) is 1.12. The lowest BCUT2D eigenvalue weighted by atomic mass is 10.2. The number of nitrogens with zero attached hydrogens (tertiary/aromatic N) is 1. The quantitative estimate of drug-likeness (QED) is 0.707. The van der Waals surface area contributed by atoms with Gasteiger partial charge in [-0.25, -0.2) is 4.79 Å². The summed E-state index contributed by atoms with van der Waals surface area (Å²) >= 11 is 0. The summed E-state index contributed by atoms with van der Waals surface area (Å²) in [7, 11) is 5.45. The predicted molar refractivity (Wildman–Crippen MR) is 61.8 cm³/mol. The maximum absolute atomic E-state index is 11.5. The standard InChI is InChI=1S/C12H17NO3/c1-13(2)8-9-16-12(14)10-4-6-11(15-3)7-5-10/h4-7H,8-9H2,1-3H3. The highest BCUT2D eigenvalue weighted by Gasteiger charge is 2.06. The molecule has 0 aromatic heterocycles. The van der Waals surface area contributed by atoms with E-state index in [1.165, 1.54) is 0 Å². The van der Waals surface area contributed by atoms with Crippen molar-refractivity contribution in [2.24, 2.45) is 0 Å². The molecule has 0 heterocycles. The average molecular weight is 223 g/mol. The number of ether oxygens (including phenoxy) is 2. The van der Waals surface area contributed by atoms with Crippen LogP contribution in [0.1, 0.15) is 10.4 Å². The van der Waals surface area contributed by atoms with Crippen molar-refractivity contribution in [3.63, 3.8) is 0 Å². The van der Waals surface area contributed by atoms with Crippen LogP contribution in [0.3, 0.4) is 0 Å². The Hall–Kier alpha value is -1.55. The lowest BCUT2D eigenvalue weighted by Gasteiger charge is -2.10. The van der Waals surface area contributed by atoms with Crippen LogP contribution < -0.4 is 4.74 Å². The van der Waals surface area contributed by atoms with Crippen LogP contribution in [0.5, 0.6) is 5.75 Å². The number of carbonyl (C=O) groups is 1. The van der Waals surface area contributed by atoms with Gasteiger partial charge in [-0.15, -0.1) is 0 Å². The molecule has 0 saturated heterocycles. The number of methoxy groups -OCH3 is 1. The monoisotopic (exact) mass is 223 g/mol. The van der Waals surface area contributed by atoms with Gasteiger partial charge in [-0.3, -0.25) is 0 Å². The van der Waals surface area contributed by atoms with Gasteiger partial charge in [0, 0.05) is 6.54 Å². The van der Waals surface area contributed by atoms with Gasteiger partial charge in [0.15, 0.2) is 0 Å². The first kappa shape index (κ1) is 12.5. The maximum Gasteiger partial charge on any atom is 0.338 e. The lowest BCUT2D eigenvalue weighted by molar-refractivity contribution is 0.0482. The highest BCUT2D eigenvalue weighted by Crippen LogP contribution is 2.11. The number of benzene rings is 1. The van der Waals surface area contributed by atoms with Crippen LogP contribution >= 0.6 is 0 Å². The minimum absolute atomic E-state index is 0.301. The molecule has 0 bridgehead atoms. The summed E-state index contributed by atoms with van der Waals surface area (Å²) in [5.74, 6) is 0.425. The van der Waals surface area contributed by atoms with Crippen LogP contribution in [0.15, 0.2) is 24.3 Å². The largest absolute Gasteiger partial charge is 0.497 e. The van der Waals surface area contributed by atoms with E-state index in [-0.39, 0.29) is 5.97 Å². The zero-order chi connectivity index (χ0) is 12.0. The van der Waals surface area contributed by atoms with Crippen LogP contribution in [0.2, 0.25) is 0 Å². The van der Waals surface area contributed by atoms with Gasteiger partial charge in [0.25, 0.3) is 0 Å². The Balaban J connectivity index is 2.46. The molecule has 0 amide bonds. The molecule has 0 radical (unpaired) electrons. The van der Waals surface area contributed by atoms with Crippen molar-refractivity contribution in [2.75, 3.05) is 34.4 Å². The zero-order valence-electron chi connectivity index (χ0n) is 9.90. The van der Waals surface area contributed by atoms with E-state index in [9.17, 15) is 4.79 Å². The third-order valence-corrected chi connectivity index (χ3v) is 2.10. The van der Waals surface area contributed by atoms with E-state index in [1.807, 2.05) is 19.0 Å². The van der Waals surface area contributed by atoms with Gasteiger partial charge in [0.1, 0.15) is 12.4 Å². The van der Waals surface area contributed by atoms with Gasteiger partial charge in [0.05, 0.1) is 12.7 Å². The van der Waals surface area contributed by atoms with E-state index < -0.39 is 0 Å². The summed E-state index contributed by atoms with van der Waals surface area (Å²) in [4.78, 5) is 13.5. The summed E-state index contributed by atoms with van der Waals surface area (Å²) in [5, 5.41) is 0. The summed E-state index contributed by atoms with van der Waals surface area (Å²) in [6, 6.07) is 6.86. The van der Waals surface area contributed by atoms with Gasteiger partial charge in [-0.05, 0) is 38.4 Å². The molecular weight excluding hydrogens is 206 g/mol. The lowest BCUT2D eigenvalue weighted by Crippen LogP contribution is -2.20. The number of esters is 1. The number of likely N-dealkylation sites (N-methyl/N-ethyl adjacent to an activating group) is 1. The van der Waals surface area contributed by atoms with Gasteiger partial charge >= 0.3 is 5.97 Å². The van der Waals surface area contributed by atoms with Crippen LogP contribution in [0.25, 0.3) is 0 Å². The number of carbonyl (C=O) groups excluding carboxylic acids is 1. The normalized spacial score (nSPS) is 10.2. The van der Waals surface area contributed by atoms with Gasteiger partial charge < -0.3 is 14.4 Å². The Morgan fingerprint density at radius 3 is 2.38 bits per heavy atom. The fourth-order valence-electron chi connectivity index (χ4n) is 1.13. The number of rotatable bonds is 5. The molecule has 0 saturated carbocycles. The topological polar surface area (TPSA) is 38.8 Å². The Morgan fingerprint density at radius 2 is 1.88 bits per heavy atom. The van der Waals surface area contributed by atoms with Crippen LogP contribution in [0.4, 0.5) is 0 Å². The van der Waals surface area contributed by atoms with Crippen LogP contribution in [-0.2, 0) is 4.74 Å². The smallest absolute Gasteiger partial charge is 0.338 e. The van der Waals surface area contributed by atoms with E-state index in [0.29, 0.717) is 12.2 Å². The molecule has 0 aliphatic rings. The second-order valence-corrected chi connectivity index (χ2v) is 3.67. The Kier molecular flexibility index (Phi) is 4.79. The molecule has 4 heteroatoms. The molecule has 1 rings (SSSR count). The van der Waals surface area contributed by atoms with E-state index >= 15 is 0 Å². The summed E-state index contributed by atoms with van der Waals surface area (Å²) < 4.78 is 10.1. The van der Waals surface area contributed by atoms with Crippen LogP contribution in [-0.4, -0.2) is 45.2 Å². The van der Waals surface area contributed by atoms with Gasteiger partial charge in [0.2, 0.25) is 0 Å². The molecule has 1 aromatic rings. The van der Waals surface area contributed by atoms with Crippen molar-refractivity contribution >= 4 is 5.97 Å². The van der Waals surface area contributed by atoms with Gasteiger partial charge in [-0.2, -0.15) is 0 Å². The van der Waals surface area contributed by atoms with Crippen molar-refractivity contribution in [3.05, 3.63) is 29.8 Å². The number of hydrogen-bond donors (Lipinski definition) is 0. The fourth-order valence-corrected chi connectivity index (χ4v) is 1.13. The molecular formula is C12H17NO3. The van der Waals surface area contributed by atoms with Crippen molar-refractivity contribution in [3.8, 4) is 5.75 Å². The second-order valence-electron chi connectivity index (χ2n) is 3.67. The first-order valence-electron chi connectivity index (χ1n) is 5.09. The Morgan fingerprint density at radius 1 is 1.25 bits per heavy atom. The third kappa shape index (κ3) is 3.90. The maximum atomic E-state index is 11.5. The van der Waals surface area contributed by atoms with E-state index in [4.69, 9.17) is 9.47 Å². The molecule has 0 fully saturated rings. The molecule has 0 unspecified atom stereocenters. The molecule has 0 spiro atoms. The van der Waals surface area contributed by atoms with E-state index in [2.05, 4.69) is 0 Å². The summed E-state index contributed by atoms with van der Waals surface area (Å²) in [6.07, 6.45) is 0. The SMILES string of the molecule is COc1ccc(C(=O)OCCN(C)C)cc1. The third-order valence-electron chi connectivity index (χ3n) is 2.10. The predicted octanol–water partition coefficient (Wildman–Crippen LogP) is 1.41. The number of hydrogen-bond acceptors (Lipinski definition) is 4. The van der Waals surface area contributed by atoms with Crippen molar-refractivity contribution in [2.45, 2.75) is 0 Å². The Labute approximate surface area is 95.8 Å². The molecule has 0 atom stereocenters. The first-order chi connectivity index (χ1) is 7.63. The minimum atomic E-state index is -0.301. The van der Waals surface area contributed by atoms with Gasteiger partial charge in [-0.1, -0.05) is 0 Å². The highest BCUT2D eigenvalue weighted by atomic mass is 16.5. The van der Waals surface area contributed by atoms with Crippen molar-refractivity contribution in [1.29, 1.82) is 0 Å². The molecule has 0 N–H and O–H groups in total. The summed E-state index contributed by atoms with van der Waals surface area (Å²) in [5.41, 5.74) is 0.541. The second kappa shape index (κ2) is 6.12. The highest BCUT2D eigenvalue weighted by molar-refractivity contribution is 5.89. The first-order valence-corrected chi connectivity index (χ1v) is 5.09. The van der Waals surface area contributed by atoms with Crippen LogP contribution in [0, 0.1) is 0 Å². The van der Waals surface area contributed by atoms with E-state index in [0.717, 1.165) is 12.3 Å².